The number of benzene rings is 2. The van der Waals surface area contributed by atoms with Gasteiger partial charge in [-0.15, -0.1) is 0 Å². The van der Waals surface area contributed by atoms with Crippen molar-refractivity contribution in [2.24, 2.45) is 5.73 Å². The molecule has 0 bridgehead atoms. The Morgan fingerprint density at radius 3 is 2.33 bits per heavy atom. The molecule has 130 valence electrons. The van der Waals surface area contributed by atoms with E-state index in [1.165, 1.54) is 16.7 Å². The van der Waals surface area contributed by atoms with Gasteiger partial charge in [0.15, 0.2) is 11.5 Å². The lowest BCUT2D eigenvalue weighted by molar-refractivity contribution is 0.276. The Bertz CT molecular complexity index is 622. The summed E-state index contributed by atoms with van der Waals surface area (Å²) < 4.78 is 11.5. The average Bonchev–Trinajstić information content (AvgIpc) is 2.60. The number of ether oxygens (including phenoxy) is 2. The van der Waals surface area contributed by atoms with Crippen LogP contribution in [-0.2, 0) is 6.42 Å². The molecule has 3 heteroatoms. The molecular formula is C21H29NO2. The molecule has 2 rings (SSSR count). The Kier molecular flexibility index (Phi) is 7.13. The van der Waals surface area contributed by atoms with Crippen molar-refractivity contribution in [2.45, 2.75) is 39.5 Å². The molecule has 2 aromatic carbocycles. The maximum atomic E-state index is 6.03. The monoisotopic (exact) mass is 327 g/mol. The van der Waals surface area contributed by atoms with Gasteiger partial charge in [0.1, 0.15) is 0 Å². The van der Waals surface area contributed by atoms with E-state index in [1.54, 1.807) is 0 Å². The van der Waals surface area contributed by atoms with Gasteiger partial charge in [-0.1, -0.05) is 42.8 Å². The zero-order valence-electron chi connectivity index (χ0n) is 15.0. The third kappa shape index (κ3) is 5.00. The van der Waals surface area contributed by atoms with E-state index in [4.69, 9.17) is 15.2 Å². The molecular weight excluding hydrogens is 298 g/mol. The molecule has 0 aliphatic carbocycles. The average molecular weight is 327 g/mol. The van der Waals surface area contributed by atoms with Crippen LogP contribution in [0.4, 0.5) is 0 Å². The van der Waals surface area contributed by atoms with Crippen LogP contribution in [0.2, 0.25) is 0 Å². The van der Waals surface area contributed by atoms with Gasteiger partial charge in [0, 0.05) is 5.92 Å². The predicted octanol–water partition coefficient (Wildman–Crippen LogP) is 4.47. The van der Waals surface area contributed by atoms with E-state index in [1.807, 2.05) is 13.0 Å². The van der Waals surface area contributed by atoms with E-state index in [9.17, 15) is 0 Å². The van der Waals surface area contributed by atoms with Crippen molar-refractivity contribution in [3.05, 3.63) is 59.2 Å². The maximum Gasteiger partial charge on any atom is 0.161 e. The lowest BCUT2D eigenvalue weighted by Gasteiger charge is -2.18. The van der Waals surface area contributed by atoms with E-state index >= 15 is 0 Å². The smallest absolute Gasteiger partial charge is 0.161 e. The van der Waals surface area contributed by atoms with Gasteiger partial charge in [-0.3, -0.25) is 0 Å². The molecule has 2 N–H and O–H groups in total. The molecule has 0 spiro atoms. The van der Waals surface area contributed by atoms with Crippen LogP contribution in [0.25, 0.3) is 0 Å². The SMILES string of the molecule is CCCOc1ccc(CC(CN)c2ccc(C)cc2)cc1OCC. The fraction of sp³-hybridized carbons (Fsp3) is 0.429. The highest BCUT2D eigenvalue weighted by molar-refractivity contribution is 5.43. The largest absolute Gasteiger partial charge is 0.490 e. The molecule has 2 aromatic rings. The van der Waals surface area contributed by atoms with Crippen molar-refractivity contribution in [1.82, 2.24) is 0 Å². The summed E-state index contributed by atoms with van der Waals surface area (Å²) in [4.78, 5) is 0. The molecule has 0 heterocycles. The second-order valence-electron chi connectivity index (χ2n) is 6.11. The zero-order valence-corrected chi connectivity index (χ0v) is 15.0. The van der Waals surface area contributed by atoms with Gasteiger partial charge in [0.25, 0.3) is 0 Å². The summed E-state index contributed by atoms with van der Waals surface area (Å²) in [7, 11) is 0. The van der Waals surface area contributed by atoms with Crippen molar-refractivity contribution in [3.8, 4) is 11.5 Å². The molecule has 0 saturated carbocycles. The highest BCUT2D eigenvalue weighted by atomic mass is 16.5. The molecule has 1 unspecified atom stereocenters. The third-order valence-corrected chi connectivity index (χ3v) is 4.09. The topological polar surface area (TPSA) is 44.5 Å². The van der Waals surface area contributed by atoms with Gasteiger partial charge in [0.05, 0.1) is 13.2 Å². The Balaban J connectivity index is 2.17. The number of hydrogen-bond donors (Lipinski definition) is 1. The Morgan fingerprint density at radius 2 is 1.71 bits per heavy atom. The molecule has 0 aliphatic heterocycles. The quantitative estimate of drug-likeness (QED) is 0.739. The molecule has 0 aliphatic rings. The van der Waals surface area contributed by atoms with Crippen LogP contribution in [0.1, 0.15) is 42.9 Å². The fourth-order valence-electron chi connectivity index (χ4n) is 2.74. The lowest BCUT2D eigenvalue weighted by Crippen LogP contribution is -2.15. The molecule has 24 heavy (non-hydrogen) atoms. The molecule has 0 radical (unpaired) electrons. The first-order valence-electron chi connectivity index (χ1n) is 8.83. The molecule has 0 saturated heterocycles. The number of aryl methyl sites for hydroxylation is 1. The minimum Gasteiger partial charge on any atom is -0.490 e. The van der Waals surface area contributed by atoms with Crippen molar-refractivity contribution >= 4 is 0 Å². The second kappa shape index (κ2) is 9.33. The van der Waals surface area contributed by atoms with Gasteiger partial charge in [0.2, 0.25) is 0 Å². The minimum absolute atomic E-state index is 0.308. The van der Waals surface area contributed by atoms with Crippen molar-refractivity contribution in [3.63, 3.8) is 0 Å². The van der Waals surface area contributed by atoms with Gasteiger partial charge >= 0.3 is 0 Å². The second-order valence-corrected chi connectivity index (χ2v) is 6.11. The summed E-state index contributed by atoms with van der Waals surface area (Å²) in [5.74, 6) is 1.95. The Hall–Kier alpha value is -2.00. The summed E-state index contributed by atoms with van der Waals surface area (Å²) in [6, 6.07) is 14.9. The first kappa shape index (κ1) is 18.3. The first-order chi connectivity index (χ1) is 11.7. The number of nitrogens with two attached hydrogens (primary N) is 1. The number of hydrogen-bond acceptors (Lipinski definition) is 3. The van der Waals surface area contributed by atoms with Crippen molar-refractivity contribution in [2.75, 3.05) is 19.8 Å². The summed E-state index contributed by atoms with van der Waals surface area (Å²) in [5, 5.41) is 0. The maximum absolute atomic E-state index is 6.03. The predicted molar refractivity (Wildman–Crippen MR) is 100 cm³/mol. The van der Waals surface area contributed by atoms with E-state index < -0.39 is 0 Å². The first-order valence-corrected chi connectivity index (χ1v) is 8.83. The van der Waals surface area contributed by atoms with Gasteiger partial charge in [-0.05, 0) is 56.5 Å². The summed E-state index contributed by atoms with van der Waals surface area (Å²) >= 11 is 0. The highest BCUT2D eigenvalue weighted by Gasteiger charge is 2.13. The summed E-state index contributed by atoms with van der Waals surface area (Å²) in [6.07, 6.45) is 1.88. The van der Waals surface area contributed by atoms with Crippen LogP contribution in [0.5, 0.6) is 11.5 Å². The van der Waals surface area contributed by atoms with E-state index in [0.717, 1.165) is 24.3 Å². The Morgan fingerprint density at radius 1 is 0.958 bits per heavy atom. The van der Waals surface area contributed by atoms with Gasteiger partial charge in [-0.2, -0.15) is 0 Å². The summed E-state index contributed by atoms with van der Waals surface area (Å²) in [6.45, 7) is 8.15. The molecule has 1 atom stereocenters. The van der Waals surface area contributed by atoms with Crippen LogP contribution >= 0.6 is 0 Å². The third-order valence-electron chi connectivity index (χ3n) is 4.09. The Labute approximate surface area is 145 Å². The van der Waals surface area contributed by atoms with Crippen LogP contribution in [0.3, 0.4) is 0 Å². The minimum atomic E-state index is 0.308. The van der Waals surface area contributed by atoms with Crippen LogP contribution < -0.4 is 15.2 Å². The van der Waals surface area contributed by atoms with Crippen LogP contribution in [0.15, 0.2) is 42.5 Å². The van der Waals surface area contributed by atoms with E-state index in [2.05, 4.69) is 50.2 Å². The fourth-order valence-corrected chi connectivity index (χ4v) is 2.74. The van der Waals surface area contributed by atoms with Crippen LogP contribution in [0, 0.1) is 6.92 Å². The number of rotatable bonds is 9. The van der Waals surface area contributed by atoms with E-state index in [-0.39, 0.29) is 0 Å². The van der Waals surface area contributed by atoms with Crippen LogP contribution in [-0.4, -0.2) is 19.8 Å². The zero-order chi connectivity index (χ0) is 17.4. The van der Waals surface area contributed by atoms with Crippen molar-refractivity contribution in [1.29, 1.82) is 0 Å². The molecule has 0 aromatic heterocycles. The lowest BCUT2D eigenvalue weighted by atomic mass is 9.91. The molecule has 0 fully saturated rings. The highest BCUT2D eigenvalue weighted by Crippen LogP contribution is 2.31. The molecule has 0 amide bonds. The standard InChI is InChI=1S/C21H29NO2/c1-4-12-24-20-11-8-17(14-21(20)23-5-2)13-19(15-22)18-9-6-16(3)7-10-18/h6-11,14,19H,4-5,12-13,15,22H2,1-3H3. The van der Waals surface area contributed by atoms with Gasteiger partial charge < -0.3 is 15.2 Å². The van der Waals surface area contributed by atoms with E-state index in [0.29, 0.717) is 25.7 Å². The normalized spacial score (nSPS) is 12.0. The summed E-state index contributed by atoms with van der Waals surface area (Å²) in [5.41, 5.74) is 9.80. The van der Waals surface area contributed by atoms with Crippen molar-refractivity contribution < 1.29 is 9.47 Å². The van der Waals surface area contributed by atoms with Gasteiger partial charge in [-0.25, -0.2) is 0 Å². The molecule has 3 nitrogen and oxygen atoms in total.